The standard InChI is InChI=1S/C17H24N2O4/c1-12(14-5-3-4-6-15(14)22-2)9-17(21)19-7-8-23-11-13(19)10-16(18)20/h3-6,12-13H,7-11H2,1-2H3,(H2,18,20). The molecule has 2 unspecified atom stereocenters. The Balaban J connectivity index is 2.05. The van der Waals surface area contributed by atoms with Gasteiger partial charge in [-0.25, -0.2) is 0 Å². The number of nitrogens with two attached hydrogens (primary N) is 1. The summed E-state index contributed by atoms with van der Waals surface area (Å²) in [5.41, 5.74) is 6.27. The van der Waals surface area contributed by atoms with Crippen molar-refractivity contribution in [1.29, 1.82) is 0 Å². The van der Waals surface area contributed by atoms with Crippen molar-refractivity contribution in [2.45, 2.75) is 31.7 Å². The van der Waals surface area contributed by atoms with Crippen LogP contribution in [0.25, 0.3) is 0 Å². The predicted octanol–water partition coefficient (Wildman–Crippen LogP) is 1.29. The number of benzene rings is 1. The number of hydrogen-bond acceptors (Lipinski definition) is 4. The van der Waals surface area contributed by atoms with Crippen molar-refractivity contribution < 1.29 is 19.1 Å². The molecular formula is C17H24N2O4. The molecule has 6 heteroatoms. The molecule has 1 aromatic rings. The highest BCUT2D eigenvalue weighted by Gasteiger charge is 2.29. The fourth-order valence-corrected chi connectivity index (χ4v) is 2.95. The van der Waals surface area contributed by atoms with Crippen molar-refractivity contribution in [3.05, 3.63) is 29.8 Å². The van der Waals surface area contributed by atoms with Crippen LogP contribution in [0.2, 0.25) is 0 Å². The van der Waals surface area contributed by atoms with Crippen molar-refractivity contribution in [2.75, 3.05) is 26.9 Å². The van der Waals surface area contributed by atoms with Crippen LogP contribution in [0.4, 0.5) is 0 Å². The van der Waals surface area contributed by atoms with E-state index in [1.165, 1.54) is 0 Å². The smallest absolute Gasteiger partial charge is 0.223 e. The summed E-state index contributed by atoms with van der Waals surface area (Å²) in [5.74, 6) is 0.396. The molecule has 1 heterocycles. The van der Waals surface area contributed by atoms with E-state index >= 15 is 0 Å². The van der Waals surface area contributed by atoms with Crippen LogP contribution in [0.1, 0.15) is 31.2 Å². The molecule has 1 saturated heterocycles. The molecule has 0 aliphatic carbocycles. The lowest BCUT2D eigenvalue weighted by atomic mass is 9.95. The second kappa shape index (κ2) is 7.97. The highest BCUT2D eigenvalue weighted by atomic mass is 16.5. The Labute approximate surface area is 136 Å². The average Bonchev–Trinajstić information content (AvgIpc) is 2.54. The Morgan fingerprint density at radius 3 is 2.87 bits per heavy atom. The molecule has 6 nitrogen and oxygen atoms in total. The summed E-state index contributed by atoms with van der Waals surface area (Å²) in [6.45, 7) is 3.34. The molecule has 1 aromatic carbocycles. The normalized spacial score (nSPS) is 19.2. The number of primary amides is 1. The van der Waals surface area contributed by atoms with Crippen molar-refractivity contribution in [1.82, 2.24) is 4.90 Å². The highest BCUT2D eigenvalue weighted by molar-refractivity contribution is 5.80. The van der Waals surface area contributed by atoms with E-state index in [0.717, 1.165) is 11.3 Å². The Bertz CT molecular complexity index is 561. The van der Waals surface area contributed by atoms with E-state index in [4.69, 9.17) is 15.2 Å². The van der Waals surface area contributed by atoms with Gasteiger partial charge in [0.1, 0.15) is 5.75 Å². The number of para-hydroxylation sites is 1. The molecule has 0 bridgehead atoms. The molecule has 2 rings (SSSR count). The molecule has 2 amide bonds. The molecule has 1 aliphatic rings. The summed E-state index contributed by atoms with van der Waals surface area (Å²) in [6, 6.07) is 7.43. The van der Waals surface area contributed by atoms with Crippen LogP contribution in [0.3, 0.4) is 0 Å². The molecule has 23 heavy (non-hydrogen) atoms. The van der Waals surface area contributed by atoms with Crippen LogP contribution >= 0.6 is 0 Å². The van der Waals surface area contributed by atoms with Crippen LogP contribution in [0.5, 0.6) is 5.75 Å². The third kappa shape index (κ3) is 4.45. The number of methoxy groups -OCH3 is 1. The topological polar surface area (TPSA) is 81.9 Å². The summed E-state index contributed by atoms with van der Waals surface area (Å²) in [7, 11) is 1.62. The zero-order valence-electron chi connectivity index (χ0n) is 13.7. The van der Waals surface area contributed by atoms with Crippen LogP contribution in [-0.2, 0) is 14.3 Å². The van der Waals surface area contributed by atoms with Gasteiger partial charge in [0.05, 0.1) is 26.4 Å². The zero-order valence-corrected chi connectivity index (χ0v) is 13.7. The largest absolute Gasteiger partial charge is 0.496 e. The van der Waals surface area contributed by atoms with Crippen LogP contribution in [0.15, 0.2) is 24.3 Å². The Morgan fingerprint density at radius 2 is 2.17 bits per heavy atom. The Morgan fingerprint density at radius 1 is 1.43 bits per heavy atom. The zero-order chi connectivity index (χ0) is 16.8. The van der Waals surface area contributed by atoms with Crippen LogP contribution in [-0.4, -0.2) is 49.6 Å². The summed E-state index contributed by atoms with van der Waals surface area (Å²) in [4.78, 5) is 25.5. The lowest BCUT2D eigenvalue weighted by molar-refractivity contribution is -0.141. The maximum Gasteiger partial charge on any atom is 0.223 e. The van der Waals surface area contributed by atoms with Gasteiger partial charge in [-0.2, -0.15) is 0 Å². The maximum atomic E-state index is 12.7. The average molecular weight is 320 g/mol. The number of morpholine rings is 1. The predicted molar refractivity (Wildman–Crippen MR) is 86.2 cm³/mol. The fraction of sp³-hybridized carbons (Fsp3) is 0.529. The first kappa shape index (κ1) is 17.3. The van der Waals surface area contributed by atoms with E-state index in [-0.39, 0.29) is 24.3 Å². The molecule has 0 aromatic heterocycles. The van der Waals surface area contributed by atoms with Crippen molar-refractivity contribution in [3.8, 4) is 5.75 Å². The first-order valence-corrected chi connectivity index (χ1v) is 7.81. The van der Waals surface area contributed by atoms with Crippen molar-refractivity contribution in [3.63, 3.8) is 0 Å². The van der Waals surface area contributed by atoms with Crippen molar-refractivity contribution in [2.24, 2.45) is 5.73 Å². The number of rotatable bonds is 6. The van der Waals surface area contributed by atoms with Gasteiger partial charge in [-0.3, -0.25) is 9.59 Å². The number of carbonyl (C=O) groups excluding carboxylic acids is 2. The van der Waals surface area contributed by atoms with Gasteiger partial charge >= 0.3 is 0 Å². The summed E-state index contributed by atoms with van der Waals surface area (Å²) < 4.78 is 10.7. The molecule has 1 fully saturated rings. The fourth-order valence-electron chi connectivity index (χ4n) is 2.95. The van der Waals surface area contributed by atoms with Gasteiger partial charge in [0.25, 0.3) is 0 Å². The lowest BCUT2D eigenvalue weighted by Crippen LogP contribution is -2.50. The van der Waals surface area contributed by atoms with E-state index < -0.39 is 5.91 Å². The third-order valence-corrected chi connectivity index (χ3v) is 4.14. The molecular weight excluding hydrogens is 296 g/mol. The molecule has 0 saturated carbocycles. The van der Waals surface area contributed by atoms with Gasteiger partial charge in [-0.05, 0) is 17.5 Å². The van der Waals surface area contributed by atoms with E-state index in [1.807, 2.05) is 31.2 Å². The number of ether oxygens (including phenoxy) is 2. The van der Waals surface area contributed by atoms with E-state index in [9.17, 15) is 9.59 Å². The molecule has 2 atom stereocenters. The summed E-state index contributed by atoms with van der Waals surface area (Å²) in [6.07, 6.45) is 0.490. The second-order valence-corrected chi connectivity index (χ2v) is 5.83. The highest BCUT2D eigenvalue weighted by Crippen LogP contribution is 2.29. The summed E-state index contributed by atoms with van der Waals surface area (Å²) in [5, 5.41) is 0. The monoisotopic (exact) mass is 320 g/mol. The number of nitrogens with zero attached hydrogens (tertiary/aromatic N) is 1. The maximum absolute atomic E-state index is 12.7. The van der Waals surface area contributed by atoms with Crippen LogP contribution in [0, 0.1) is 0 Å². The number of carbonyl (C=O) groups is 2. The molecule has 0 spiro atoms. The van der Waals surface area contributed by atoms with Gasteiger partial charge in [0, 0.05) is 19.4 Å². The minimum atomic E-state index is -0.420. The van der Waals surface area contributed by atoms with Gasteiger partial charge in [0.15, 0.2) is 0 Å². The van der Waals surface area contributed by atoms with Gasteiger partial charge in [0.2, 0.25) is 11.8 Å². The lowest BCUT2D eigenvalue weighted by Gasteiger charge is -2.35. The van der Waals surface area contributed by atoms with Crippen molar-refractivity contribution >= 4 is 11.8 Å². The van der Waals surface area contributed by atoms with E-state index in [1.54, 1.807) is 12.0 Å². The first-order valence-electron chi connectivity index (χ1n) is 7.81. The van der Waals surface area contributed by atoms with E-state index in [0.29, 0.717) is 26.2 Å². The Kier molecular flexibility index (Phi) is 5.98. The third-order valence-electron chi connectivity index (χ3n) is 4.14. The summed E-state index contributed by atoms with van der Waals surface area (Å²) >= 11 is 0. The molecule has 0 radical (unpaired) electrons. The molecule has 126 valence electrons. The quantitative estimate of drug-likeness (QED) is 0.856. The second-order valence-electron chi connectivity index (χ2n) is 5.83. The SMILES string of the molecule is COc1ccccc1C(C)CC(=O)N1CCOCC1CC(N)=O. The van der Waals surface area contributed by atoms with Gasteiger partial charge in [-0.15, -0.1) is 0 Å². The number of amides is 2. The molecule has 2 N–H and O–H groups in total. The van der Waals surface area contributed by atoms with Gasteiger partial charge < -0.3 is 20.1 Å². The Hall–Kier alpha value is -2.08. The minimum absolute atomic E-state index is 0.0120. The minimum Gasteiger partial charge on any atom is -0.496 e. The first-order chi connectivity index (χ1) is 11.0. The number of hydrogen-bond donors (Lipinski definition) is 1. The van der Waals surface area contributed by atoms with Crippen LogP contribution < -0.4 is 10.5 Å². The molecule has 1 aliphatic heterocycles. The van der Waals surface area contributed by atoms with Gasteiger partial charge in [-0.1, -0.05) is 25.1 Å². The van der Waals surface area contributed by atoms with E-state index in [2.05, 4.69) is 0 Å².